The fraction of sp³-hybridized carbons (Fsp3) is 0.421. The second kappa shape index (κ2) is 8.33. The molecule has 0 radical (unpaired) electrons. The number of aliphatic hydroxyl groups excluding tert-OH is 2. The maximum absolute atomic E-state index is 14.3. The number of anilines is 1. The highest BCUT2D eigenvalue weighted by molar-refractivity contribution is 6.04. The van der Waals surface area contributed by atoms with Crippen molar-refractivity contribution in [3.8, 4) is 17.2 Å². The van der Waals surface area contributed by atoms with Gasteiger partial charge < -0.3 is 34.5 Å². The van der Waals surface area contributed by atoms with Crippen LogP contribution < -0.4 is 25.2 Å². The summed E-state index contributed by atoms with van der Waals surface area (Å²) in [4.78, 5) is 28.5. The van der Waals surface area contributed by atoms with Gasteiger partial charge in [0.05, 0.1) is 13.7 Å². The Kier molecular flexibility index (Phi) is 5.71. The summed E-state index contributed by atoms with van der Waals surface area (Å²) in [5.41, 5.74) is -1.03. The Bertz CT molecular complexity index is 1080. The molecule has 1 amide bonds. The molecule has 13 heteroatoms. The van der Waals surface area contributed by atoms with E-state index in [4.69, 9.17) is 24.1 Å². The summed E-state index contributed by atoms with van der Waals surface area (Å²) < 4.78 is 50.1. The van der Waals surface area contributed by atoms with Gasteiger partial charge in [-0.1, -0.05) is 0 Å². The van der Waals surface area contributed by atoms with E-state index in [2.05, 4.69) is 10.3 Å². The zero-order valence-corrected chi connectivity index (χ0v) is 16.7. The van der Waals surface area contributed by atoms with Gasteiger partial charge in [-0.15, -0.1) is 0 Å². The van der Waals surface area contributed by atoms with E-state index in [1.807, 2.05) is 0 Å². The number of benzene rings is 1. The zero-order valence-electron chi connectivity index (χ0n) is 16.7. The maximum atomic E-state index is 14.3. The molecule has 172 valence electrons. The molecule has 2 aromatic rings. The van der Waals surface area contributed by atoms with E-state index in [9.17, 15) is 23.5 Å². The van der Waals surface area contributed by atoms with Gasteiger partial charge in [-0.2, -0.15) is 13.8 Å². The molecule has 2 aliphatic rings. The monoisotopic (exact) mass is 455 g/mol. The molecule has 1 saturated heterocycles. The molecule has 1 unspecified atom stereocenters. The Morgan fingerprint density at radius 1 is 1.38 bits per heavy atom. The van der Waals surface area contributed by atoms with Gasteiger partial charge in [0.15, 0.2) is 17.6 Å². The van der Waals surface area contributed by atoms with Crippen LogP contribution in [-0.4, -0.2) is 70.7 Å². The first-order valence-electron chi connectivity index (χ1n) is 9.46. The van der Waals surface area contributed by atoms with Gasteiger partial charge in [-0.25, -0.2) is 4.79 Å². The predicted molar refractivity (Wildman–Crippen MR) is 102 cm³/mol. The van der Waals surface area contributed by atoms with Crippen LogP contribution in [0.3, 0.4) is 0 Å². The van der Waals surface area contributed by atoms with Gasteiger partial charge in [0.1, 0.15) is 25.1 Å². The van der Waals surface area contributed by atoms with Crippen LogP contribution in [0.4, 0.5) is 14.6 Å². The minimum absolute atomic E-state index is 0.122. The summed E-state index contributed by atoms with van der Waals surface area (Å²) in [6.07, 6.45) is -5.08. The molecule has 0 spiro atoms. The lowest BCUT2D eigenvalue weighted by Gasteiger charge is -2.21. The highest BCUT2D eigenvalue weighted by Gasteiger charge is 2.59. The molecule has 3 N–H and O–H groups in total. The van der Waals surface area contributed by atoms with Crippen LogP contribution >= 0.6 is 0 Å². The second-order valence-corrected chi connectivity index (χ2v) is 6.99. The van der Waals surface area contributed by atoms with Crippen LogP contribution in [0.5, 0.6) is 17.2 Å². The first-order chi connectivity index (χ1) is 15.3. The van der Waals surface area contributed by atoms with E-state index in [-0.39, 0.29) is 17.1 Å². The van der Waals surface area contributed by atoms with Gasteiger partial charge in [0.2, 0.25) is 12.0 Å². The van der Waals surface area contributed by atoms with Gasteiger partial charge in [0, 0.05) is 11.8 Å². The lowest BCUT2D eigenvalue weighted by molar-refractivity contribution is -0.140. The van der Waals surface area contributed by atoms with Crippen molar-refractivity contribution in [2.24, 2.45) is 0 Å². The Morgan fingerprint density at radius 2 is 2.12 bits per heavy atom. The molecule has 0 saturated carbocycles. The SMILES string of the molecule is COc1cc(C(=O)Nc2ccn(C3O[C@H](CO)[C@@H](O)C3(F)F)c(=O)n2)cc2c1OCCO2. The molecule has 0 bridgehead atoms. The summed E-state index contributed by atoms with van der Waals surface area (Å²) in [6, 6.07) is 3.96. The Morgan fingerprint density at radius 3 is 2.78 bits per heavy atom. The third-order valence-corrected chi connectivity index (χ3v) is 4.97. The quantitative estimate of drug-likeness (QED) is 0.575. The number of ether oxygens (including phenoxy) is 4. The van der Waals surface area contributed by atoms with E-state index in [0.717, 1.165) is 12.3 Å². The van der Waals surface area contributed by atoms with E-state index < -0.39 is 42.6 Å². The highest BCUT2D eigenvalue weighted by Crippen LogP contribution is 2.42. The third kappa shape index (κ3) is 3.74. The van der Waals surface area contributed by atoms with E-state index in [1.54, 1.807) is 0 Å². The number of carbonyl (C=O) groups excluding carboxylic acids is 1. The Balaban J connectivity index is 1.56. The average Bonchev–Trinajstić information content (AvgIpc) is 3.01. The van der Waals surface area contributed by atoms with E-state index in [0.29, 0.717) is 29.3 Å². The number of hydrogen-bond donors (Lipinski definition) is 3. The van der Waals surface area contributed by atoms with Crippen molar-refractivity contribution in [1.29, 1.82) is 0 Å². The van der Waals surface area contributed by atoms with Crippen molar-refractivity contribution in [2.75, 3.05) is 32.2 Å². The molecular weight excluding hydrogens is 436 g/mol. The summed E-state index contributed by atoms with van der Waals surface area (Å²) in [6.45, 7) is -0.238. The second-order valence-electron chi connectivity index (χ2n) is 6.99. The average molecular weight is 455 g/mol. The van der Waals surface area contributed by atoms with Crippen molar-refractivity contribution in [1.82, 2.24) is 9.55 Å². The number of rotatable bonds is 5. The molecule has 1 aromatic carbocycles. The number of carbonyl (C=O) groups is 1. The molecule has 1 fully saturated rings. The minimum atomic E-state index is -3.84. The number of aliphatic hydroxyl groups is 2. The number of nitrogens with zero attached hydrogens (tertiary/aromatic N) is 2. The molecule has 11 nitrogen and oxygen atoms in total. The third-order valence-electron chi connectivity index (χ3n) is 4.97. The molecule has 3 heterocycles. The summed E-state index contributed by atoms with van der Waals surface area (Å²) >= 11 is 0. The largest absolute Gasteiger partial charge is 0.493 e. The number of halogens is 2. The zero-order chi connectivity index (χ0) is 23.0. The van der Waals surface area contributed by atoms with Crippen molar-refractivity contribution >= 4 is 11.7 Å². The predicted octanol–water partition coefficient (Wildman–Crippen LogP) is 0.161. The molecule has 32 heavy (non-hydrogen) atoms. The van der Waals surface area contributed by atoms with Crippen LogP contribution in [0.1, 0.15) is 16.6 Å². The normalized spacial score (nSPS) is 23.6. The molecule has 1 aromatic heterocycles. The highest BCUT2D eigenvalue weighted by atomic mass is 19.3. The summed E-state index contributed by atoms with van der Waals surface area (Å²) in [7, 11) is 1.40. The van der Waals surface area contributed by atoms with Crippen LogP contribution in [0, 0.1) is 0 Å². The number of methoxy groups -OCH3 is 1. The van der Waals surface area contributed by atoms with Crippen molar-refractivity contribution in [2.45, 2.75) is 24.4 Å². The van der Waals surface area contributed by atoms with Crippen LogP contribution in [0.25, 0.3) is 0 Å². The minimum Gasteiger partial charge on any atom is -0.493 e. The standard InChI is InChI=1S/C19H19F2N3O8/c1-29-10-6-9(7-11-14(10)31-5-4-30-11)16(27)22-13-2-3-24(18(28)23-13)17-19(20,21)15(26)12(8-25)32-17/h2-3,6-7,12,15,17,25-26H,4-5,8H2,1H3,(H,22,23,27,28)/t12-,15-,17?/m1/s1. The molecule has 0 aliphatic carbocycles. The fourth-order valence-electron chi connectivity index (χ4n) is 3.37. The first kappa shape index (κ1) is 21.9. The lowest BCUT2D eigenvalue weighted by atomic mass is 10.1. The summed E-state index contributed by atoms with van der Waals surface area (Å²) in [5, 5.41) is 21.1. The van der Waals surface area contributed by atoms with Crippen LogP contribution in [0.2, 0.25) is 0 Å². The smallest absolute Gasteiger partial charge is 0.351 e. The van der Waals surface area contributed by atoms with Crippen LogP contribution in [-0.2, 0) is 4.74 Å². The van der Waals surface area contributed by atoms with E-state index >= 15 is 0 Å². The number of aromatic nitrogens is 2. The maximum Gasteiger partial charge on any atom is 0.351 e. The topological polar surface area (TPSA) is 141 Å². The van der Waals surface area contributed by atoms with Crippen molar-refractivity contribution in [3.05, 3.63) is 40.4 Å². The van der Waals surface area contributed by atoms with Gasteiger partial charge >= 0.3 is 11.6 Å². The number of fused-ring (bicyclic) bond motifs is 1. The Labute approximate surface area is 179 Å². The Hall–Kier alpha value is -3.29. The van der Waals surface area contributed by atoms with Gasteiger partial charge in [-0.3, -0.25) is 9.36 Å². The van der Waals surface area contributed by atoms with E-state index in [1.165, 1.54) is 19.2 Å². The molecule has 3 atom stereocenters. The lowest BCUT2D eigenvalue weighted by Crippen LogP contribution is -2.41. The number of alkyl halides is 2. The number of amides is 1. The van der Waals surface area contributed by atoms with Crippen molar-refractivity contribution < 1.29 is 42.7 Å². The molecule has 2 aliphatic heterocycles. The fourth-order valence-corrected chi connectivity index (χ4v) is 3.37. The van der Waals surface area contributed by atoms with Crippen molar-refractivity contribution in [3.63, 3.8) is 0 Å². The number of nitrogens with one attached hydrogen (secondary N) is 1. The first-order valence-corrected chi connectivity index (χ1v) is 9.46. The number of hydrogen-bond acceptors (Lipinski definition) is 9. The molecular formula is C19H19F2N3O8. The molecule has 4 rings (SSSR count). The van der Waals surface area contributed by atoms with Gasteiger partial charge in [0.25, 0.3) is 5.91 Å². The van der Waals surface area contributed by atoms with Crippen LogP contribution in [0.15, 0.2) is 29.2 Å². The summed E-state index contributed by atoms with van der Waals surface area (Å²) in [5.74, 6) is -3.77. The van der Waals surface area contributed by atoms with Gasteiger partial charge in [-0.05, 0) is 18.2 Å².